The van der Waals surface area contributed by atoms with Gasteiger partial charge in [-0.2, -0.15) is 0 Å². The molecule has 3 aromatic rings. The van der Waals surface area contributed by atoms with E-state index >= 15 is 0 Å². The summed E-state index contributed by atoms with van der Waals surface area (Å²) in [7, 11) is 0. The molecule has 0 amide bonds. The minimum Gasteiger partial charge on any atom is -0.492 e. The number of fused-ring (bicyclic) bond motifs is 1. The molecule has 0 atom stereocenters. The minimum absolute atomic E-state index is 0.146. The Morgan fingerprint density at radius 3 is 2.44 bits per heavy atom. The summed E-state index contributed by atoms with van der Waals surface area (Å²) >= 11 is 7.07. The highest BCUT2D eigenvalue weighted by atomic mass is 79.9. The maximum absolute atomic E-state index is 5.95. The number of benzene rings is 2. The van der Waals surface area contributed by atoms with Gasteiger partial charge in [-0.1, -0.05) is 54.0 Å². The Hall–Kier alpha value is -1.40. The Balaban J connectivity index is 1.72. The molecule has 132 valence electrons. The maximum atomic E-state index is 5.95. The van der Waals surface area contributed by atoms with E-state index in [1.165, 1.54) is 5.56 Å². The summed E-state index contributed by atoms with van der Waals surface area (Å²) in [6.07, 6.45) is 0.856. The van der Waals surface area contributed by atoms with E-state index in [-0.39, 0.29) is 5.41 Å². The van der Waals surface area contributed by atoms with Gasteiger partial charge in [-0.3, -0.25) is 0 Å². The van der Waals surface area contributed by atoms with Gasteiger partial charge in [0.25, 0.3) is 0 Å². The summed E-state index contributed by atoms with van der Waals surface area (Å²) in [6, 6.07) is 12.3. The van der Waals surface area contributed by atoms with Crippen molar-refractivity contribution in [3.05, 3.63) is 50.9 Å². The molecule has 0 radical (unpaired) electrons. The van der Waals surface area contributed by atoms with Crippen molar-refractivity contribution in [2.24, 2.45) is 5.41 Å². The van der Waals surface area contributed by atoms with Crippen LogP contribution in [0.15, 0.2) is 45.3 Å². The van der Waals surface area contributed by atoms with E-state index in [0.29, 0.717) is 6.61 Å². The second kappa shape index (κ2) is 7.46. The van der Waals surface area contributed by atoms with Gasteiger partial charge in [0.15, 0.2) is 0 Å². The third-order valence-corrected chi connectivity index (χ3v) is 5.07. The van der Waals surface area contributed by atoms with Crippen molar-refractivity contribution in [3.8, 4) is 5.75 Å². The zero-order chi connectivity index (χ0) is 18.0. The summed E-state index contributed by atoms with van der Waals surface area (Å²) in [4.78, 5) is 0. The Kier molecular flexibility index (Phi) is 5.49. The molecule has 0 aliphatic rings. The largest absolute Gasteiger partial charge is 0.492 e. The summed E-state index contributed by atoms with van der Waals surface area (Å²) < 4.78 is 9.85. The third-order valence-electron chi connectivity index (χ3n) is 3.78. The number of hydrogen-bond donors (Lipinski definition) is 0. The van der Waals surface area contributed by atoms with Crippen LogP contribution in [0.2, 0.25) is 0 Å². The summed E-state index contributed by atoms with van der Waals surface area (Å²) in [5.41, 5.74) is 3.25. The van der Waals surface area contributed by atoms with Gasteiger partial charge in [-0.25, -0.2) is 4.68 Å². The molecule has 4 nitrogen and oxygen atoms in total. The fourth-order valence-electron chi connectivity index (χ4n) is 2.59. The number of ether oxygens (including phenoxy) is 1. The smallest absolute Gasteiger partial charge is 0.135 e. The first kappa shape index (κ1) is 18.4. The predicted octanol–water partition coefficient (Wildman–Crippen LogP) is 5.62. The van der Waals surface area contributed by atoms with Gasteiger partial charge in [-0.05, 0) is 51.2 Å². The number of rotatable bonds is 5. The van der Waals surface area contributed by atoms with E-state index in [0.717, 1.165) is 38.7 Å². The molecule has 0 fully saturated rings. The van der Waals surface area contributed by atoms with Gasteiger partial charge in [0.05, 0.1) is 16.6 Å². The Morgan fingerprint density at radius 1 is 1.04 bits per heavy atom. The molecule has 0 unspecified atom stereocenters. The van der Waals surface area contributed by atoms with E-state index in [2.05, 4.69) is 75.1 Å². The molecular weight excluding hydrogens is 446 g/mol. The Morgan fingerprint density at radius 2 is 1.76 bits per heavy atom. The average molecular weight is 467 g/mol. The van der Waals surface area contributed by atoms with Crippen LogP contribution in [0, 0.1) is 5.41 Å². The molecule has 25 heavy (non-hydrogen) atoms. The first-order valence-corrected chi connectivity index (χ1v) is 9.81. The van der Waals surface area contributed by atoms with E-state index < -0.39 is 0 Å². The average Bonchev–Trinajstić information content (AvgIpc) is 2.93. The van der Waals surface area contributed by atoms with Crippen LogP contribution in [0.5, 0.6) is 5.75 Å². The monoisotopic (exact) mass is 465 g/mol. The van der Waals surface area contributed by atoms with Crippen molar-refractivity contribution in [3.63, 3.8) is 0 Å². The highest BCUT2D eigenvalue weighted by Gasteiger charge is 2.17. The van der Waals surface area contributed by atoms with Crippen LogP contribution >= 0.6 is 31.9 Å². The lowest BCUT2D eigenvalue weighted by atomic mass is 9.97. The first-order chi connectivity index (χ1) is 11.8. The van der Waals surface area contributed by atoms with Crippen molar-refractivity contribution in [1.29, 1.82) is 0 Å². The molecule has 0 aliphatic carbocycles. The van der Waals surface area contributed by atoms with Gasteiger partial charge in [0.1, 0.15) is 11.3 Å². The zero-order valence-corrected chi connectivity index (χ0v) is 17.8. The third kappa shape index (κ3) is 4.61. The lowest BCUT2D eigenvalue weighted by molar-refractivity contribution is 0.320. The Bertz CT molecular complexity index is 867. The van der Waals surface area contributed by atoms with E-state index in [9.17, 15) is 0 Å². The summed E-state index contributed by atoms with van der Waals surface area (Å²) in [5, 5.41) is 8.62. The lowest BCUT2D eigenvalue weighted by Gasteiger charge is -2.18. The van der Waals surface area contributed by atoms with Crippen molar-refractivity contribution in [1.82, 2.24) is 15.0 Å². The molecule has 0 N–H and O–H groups in total. The normalized spacial score (nSPS) is 11.9. The van der Waals surface area contributed by atoms with E-state index in [1.807, 2.05) is 28.9 Å². The number of nitrogens with zero attached hydrogens (tertiary/aromatic N) is 3. The second-order valence-electron chi connectivity index (χ2n) is 7.28. The van der Waals surface area contributed by atoms with Gasteiger partial charge in [0.2, 0.25) is 0 Å². The molecule has 0 saturated carbocycles. The molecule has 0 bridgehead atoms. The van der Waals surface area contributed by atoms with Crippen LogP contribution < -0.4 is 4.74 Å². The summed E-state index contributed by atoms with van der Waals surface area (Å²) in [6.45, 7) is 8.00. The van der Waals surface area contributed by atoms with Gasteiger partial charge >= 0.3 is 0 Å². The number of halogens is 2. The highest BCUT2D eigenvalue weighted by Crippen LogP contribution is 2.32. The molecular formula is C19H21Br2N3O. The molecule has 3 rings (SSSR count). The second-order valence-corrected chi connectivity index (χ2v) is 8.99. The molecule has 1 heterocycles. The molecule has 6 heteroatoms. The van der Waals surface area contributed by atoms with Crippen LogP contribution in [0.25, 0.3) is 11.0 Å². The summed E-state index contributed by atoms with van der Waals surface area (Å²) in [5.74, 6) is 0.799. The van der Waals surface area contributed by atoms with Crippen molar-refractivity contribution >= 4 is 42.9 Å². The quantitative estimate of drug-likeness (QED) is 0.489. The fraction of sp³-hybridized carbons (Fsp3) is 0.368. The molecule has 2 aromatic carbocycles. The SMILES string of the molecule is CC(C)(C)Cn1nnc2c(Br)c(OCCc3ccc(Br)cc3)ccc21. The molecule has 1 aromatic heterocycles. The fourth-order valence-corrected chi connectivity index (χ4v) is 3.39. The standard InChI is InChI=1S/C19H21Br2N3O/c1-19(2,3)12-24-15-8-9-16(17(21)18(15)22-23-24)25-11-10-13-4-6-14(20)7-5-13/h4-9H,10-12H2,1-3H3. The number of aromatic nitrogens is 3. The zero-order valence-electron chi connectivity index (χ0n) is 14.6. The molecule has 0 aliphatic heterocycles. The van der Waals surface area contributed by atoms with Crippen LogP contribution in [0.4, 0.5) is 0 Å². The van der Waals surface area contributed by atoms with Gasteiger partial charge in [-0.15, -0.1) is 5.10 Å². The number of hydrogen-bond acceptors (Lipinski definition) is 3. The van der Waals surface area contributed by atoms with Crippen molar-refractivity contribution < 1.29 is 4.74 Å². The molecule has 0 spiro atoms. The highest BCUT2D eigenvalue weighted by molar-refractivity contribution is 9.11. The van der Waals surface area contributed by atoms with E-state index in [1.54, 1.807) is 0 Å². The van der Waals surface area contributed by atoms with Gasteiger partial charge < -0.3 is 4.74 Å². The van der Waals surface area contributed by atoms with Crippen LogP contribution in [-0.4, -0.2) is 21.6 Å². The first-order valence-electron chi connectivity index (χ1n) is 8.22. The minimum atomic E-state index is 0.146. The topological polar surface area (TPSA) is 39.9 Å². The predicted molar refractivity (Wildman–Crippen MR) is 108 cm³/mol. The van der Waals surface area contributed by atoms with E-state index in [4.69, 9.17) is 4.74 Å². The maximum Gasteiger partial charge on any atom is 0.135 e. The van der Waals surface area contributed by atoms with Crippen LogP contribution in [0.3, 0.4) is 0 Å². The van der Waals surface area contributed by atoms with Crippen molar-refractivity contribution in [2.45, 2.75) is 33.7 Å². The lowest BCUT2D eigenvalue weighted by Crippen LogP contribution is -2.16. The van der Waals surface area contributed by atoms with Crippen molar-refractivity contribution in [2.75, 3.05) is 6.61 Å². The molecule has 0 saturated heterocycles. The Labute approximate surface area is 164 Å². The van der Waals surface area contributed by atoms with Gasteiger partial charge in [0, 0.05) is 17.4 Å². The van der Waals surface area contributed by atoms with Crippen LogP contribution in [-0.2, 0) is 13.0 Å². The van der Waals surface area contributed by atoms with Crippen LogP contribution in [0.1, 0.15) is 26.3 Å².